The summed E-state index contributed by atoms with van der Waals surface area (Å²) in [6.45, 7) is 5.83. The van der Waals surface area contributed by atoms with E-state index in [0.717, 1.165) is 0 Å². The smallest absolute Gasteiger partial charge is 0.234 e. The minimum atomic E-state index is 1.19. The van der Waals surface area contributed by atoms with Crippen molar-refractivity contribution in [3.05, 3.63) is 0 Å². The summed E-state index contributed by atoms with van der Waals surface area (Å²) in [5.41, 5.74) is 0. The molecule has 0 radical (unpaired) electrons. The van der Waals surface area contributed by atoms with Gasteiger partial charge in [-0.05, 0) is 6.42 Å². The summed E-state index contributed by atoms with van der Waals surface area (Å²) in [7, 11) is 2.12. The molecule has 1 rings (SSSR count). The van der Waals surface area contributed by atoms with Gasteiger partial charge in [-0.15, -0.1) is 0 Å². The number of hydrogen-bond acceptors (Lipinski definition) is 1. The summed E-state index contributed by atoms with van der Waals surface area (Å²) in [6.07, 6.45) is 3.45. The highest BCUT2D eigenvalue weighted by Crippen LogP contribution is 1.92. The maximum Gasteiger partial charge on any atom is 0.234 e. The molecule has 0 spiro atoms. The standard InChI is InChI=1S/C7H15N2/c1-3-4-9-6-5-8(2)7-9/h7H,3-6H2,1-2H3/q+1. The van der Waals surface area contributed by atoms with E-state index in [2.05, 4.69) is 29.8 Å². The normalized spacial score (nSPS) is 18.4. The molecule has 9 heavy (non-hydrogen) atoms. The number of likely N-dealkylation sites (N-methyl/N-ethyl adjacent to an activating group) is 1. The average molecular weight is 127 g/mol. The lowest BCUT2D eigenvalue weighted by Gasteiger charge is -2.01. The molecule has 52 valence electrons. The largest absolute Gasteiger partial charge is 0.267 e. The van der Waals surface area contributed by atoms with E-state index in [0.29, 0.717) is 0 Å². The number of nitrogens with zero attached hydrogens (tertiary/aromatic N) is 2. The summed E-state index contributed by atoms with van der Waals surface area (Å²) >= 11 is 0. The maximum atomic E-state index is 2.36. The van der Waals surface area contributed by atoms with Crippen LogP contribution in [0.25, 0.3) is 0 Å². The van der Waals surface area contributed by atoms with Gasteiger partial charge in [-0.3, -0.25) is 9.48 Å². The van der Waals surface area contributed by atoms with Gasteiger partial charge in [-0.1, -0.05) is 6.92 Å². The zero-order chi connectivity index (χ0) is 6.69. The second kappa shape index (κ2) is 2.85. The topological polar surface area (TPSA) is 6.25 Å². The van der Waals surface area contributed by atoms with Crippen molar-refractivity contribution in [1.82, 2.24) is 4.90 Å². The Morgan fingerprint density at radius 2 is 2.44 bits per heavy atom. The molecular formula is C7H15N2+. The van der Waals surface area contributed by atoms with Gasteiger partial charge in [0.25, 0.3) is 0 Å². The maximum absolute atomic E-state index is 2.36. The van der Waals surface area contributed by atoms with Crippen LogP contribution >= 0.6 is 0 Å². The first-order chi connectivity index (χ1) is 4.33. The molecule has 1 heterocycles. The molecule has 0 aromatic carbocycles. The van der Waals surface area contributed by atoms with E-state index in [1.54, 1.807) is 0 Å². The SMILES string of the molecule is CCCN1C=[N+](C)CC1. The second-order valence-corrected chi connectivity index (χ2v) is 2.63. The molecule has 2 heteroatoms. The fourth-order valence-electron chi connectivity index (χ4n) is 1.14. The molecule has 0 aromatic heterocycles. The lowest BCUT2D eigenvalue weighted by atomic mass is 10.4. The zero-order valence-electron chi connectivity index (χ0n) is 6.30. The van der Waals surface area contributed by atoms with Crippen LogP contribution in [0.5, 0.6) is 0 Å². The molecule has 0 amide bonds. The Kier molecular flexibility index (Phi) is 2.09. The van der Waals surface area contributed by atoms with Crippen LogP contribution in [-0.2, 0) is 0 Å². The summed E-state index contributed by atoms with van der Waals surface area (Å²) < 4.78 is 2.23. The van der Waals surface area contributed by atoms with Crippen molar-refractivity contribution in [3.8, 4) is 0 Å². The zero-order valence-corrected chi connectivity index (χ0v) is 6.30. The summed E-state index contributed by atoms with van der Waals surface area (Å²) in [5.74, 6) is 0. The quantitative estimate of drug-likeness (QED) is 0.486. The van der Waals surface area contributed by atoms with Crippen LogP contribution in [0.15, 0.2) is 0 Å². The van der Waals surface area contributed by atoms with Gasteiger partial charge < -0.3 is 0 Å². The molecule has 0 N–H and O–H groups in total. The fourth-order valence-corrected chi connectivity index (χ4v) is 1.14. The molecule has 2 nitrogen and oxygen atoms in total. The lowest BCUT2D eigenvalue weighted by Crippen LogP contribution is -2.19. The minimum Gasteiger partial charge on any atom is -0.267 e. The van der Waals surface area contributed by atoms with Crippen molar-refractivity contribution in [1.29, 1.82) is 0 Å². The molecular weight excluding hydrogens is 112 g/mol. The van der Waals surface area contributed by atoms with Crippen molar-refractivity contribution in [2.45, 2.75) is 13.3 Å². The van der Waals surface area contributed by atoms with Crippen LogP contribution in [-0.4, -0.2) is 42.5 Å². The third-order valence-electron chi connectivity index (χ3n) is 1.61. The highest BCUT2D eigenvalue weighted by atomic mass is 15.2. The van der Waals surface area contributed by atoms with Crippen molar-refractivity contribution >= 4 is 6.34 Å². The van der Waals surface area contributed by atoms with Crippen molar-refractivity contribution in [2.24, 2.45) is 0 Å². The summed E-state index contributed by atoms with van der Waals surface area (Å²) in [6, 6.07) is 0. The summed E-state index contributed by atoms with van der Waals surface area (Å²) in [4.78, 5) is 2.36. The highest BCUT2D eigenvalue weighted by Gasteiger charge is 2.13. The van der Waals surface area contributed by atoms with E-state index < -0.39 is 0 Å². The molecule has 0 unspecified atom stereocenters. The Hall–Kier alpha value is -0.530. The number of hydrogen-bond donors (Lipinski definition) is 0. The van der Waals surface area contributed by atoms with Crippen LogP contribution < -0.4 is 0 Å². The molecule has 0 aromatic rings. The van der Waals surface area contributed by atoms with Gasteiger partial charge in [0.2, 0.25) is 6.34 Å². The Morgan fingerprint density at radius 3 is 2.89 bits per heavy atom. The predicted molar refractivity (Wildman–Crippen MR) is 39.0 cm³/mol. The van der Waals surface area contributed by atoms with E-state index in [9.17, 15) is 0 Å². The molecule has 0 aliphatic carbocycles. The van der Waals surface area contributed by atoms with E-state index in [4.69, 9.17) is 0 Å². The van der Waals surface area contributed by atoms with Crippen molar-refractivity contribution in [3.63, 3.8) is 0 Å². The predicted octanol–water partition coefficient (Wildman–Crippen LogP) is 0.383. The van der Waals surface area contributed by atoms with Crippen LogP contribution in [0, 0.1) is 0 Å². The summed E-state index contributed by atoms with van der Waals surface area (Å²) in [5, 5.41) is 0. The third-order valence-corrected chi connectivity index (χ3v) is 1.61. The Bertz CT molecular complexity index is 118. The van der Waals surface area contributed by atoms with Gasteiger partial charge in [-0.2, -0.15) is 0 Å². The van der Waals surface area contributed by atoms with Crippen LogP contribution in [0.2, 0.25) is 0 Å². The molecule has 0 saturated heterocycles. The Morgan fingerprint density at radius 1 is 1.67 bits per heavy atom. The average Bonchev–Trinajstić information content (AvgIpc) is 2.17. The van der Waals surface area contributed by atoms with Crippen LogP contribution in [0.3, 0.4) is 0 Å². The van der Waals surface area contributed by atoms with Gasteiger partial charge in [0.1, 0.15) is 13.1 Å². The van der Waals surface area contributed by atoms with E-state index in [-0.39, 0.29) is 0 Å². The monoisotopic (exact) mass is 127 g/mol. The second-order valence-electron chi connectivity index (χ2n) is 2.63. The minimum absolute atomic E-state index is 1.19. The van der Waals surface area contributed by atoms with Crippen LogP contribution in [0.4, 0.5) is 0 Å². The highest BCUT2D eigenvalue weighted by molar-refractivity contribution is 5.50. The molecule has 0 fully saturated rings. The lowest BCUT2D eigenvalue weighted by molar-refractivity contribution is -0.482. The Labute approximate surface area is 56.8 Å². The van der Waals surface area contributed by atoms with Gasteiger partial charge in [-0.25, -0.2) is 0 Å². The van der Waals surface area contributed by atoms with Crippen LogP contribution in [0.1, 0.15) is 13.3 Å². The molecule has 0 atom stereocenters. The molecule has 0 bridgehead atoms. The fraction of sp³-hybridized carbons (Fsp3) is 0.857. The van der Waals surface area contributed by atoms with E-state index in [1.807, 2.05) is 0 Å². The van der Waals surface area contributed by atoms with Gasteiger partial charge >= 0.3 is 0 Å². The van der Waals surface area contributed by atoms with E-state index in [1.165, 1.54) is 26.1 Å². The van der Waals surface area contributed by atoms with Crippen molar-refractivity contribution < 1.29 is 4.58 Å². The van der Waals surface area contributed by atoms with Gasteiger partial charge in [0.15, 0.2) is 0 Å². The first-order valence-corrected chi connectivity index (χ1v) is 3.62. The van der Waals surface area contributed by atoms with Crippen molar-refractivity contribution in [2.75, 3.05) is 26.7 Å². The molecule has 1 aliphatic rings. The molecule has 1 aliphatic heterocycles. The third kappa shape index (κ3) is 1.70. The first kappa shape index (κ1) is 6.59. The first-order valence-electron chi connectivity index (χ1n) is 3.62. The van der Waals surface area contributed by atoms with E-state index >= 15 is 0 Å². The van der Waals surface area contributed by atoms with Gasteiger partial charge in [0.05, 0.1) is 13.6 Å². The number of rotatable bonds is 2. The molecule has 0 saturated carbocycles. The van der Waals surface area contributed by atoms with Gasteiger partial charge in [0, 0.05) is 0 Å². The Balaban J connectivity index is 2.29.